The maximum absolute atomic E-state index is 12.4. The predicted octanol–water partition coefficient (Wildman–Crippen LogP) is 1.16. The number of nitrogens with zero attached hydrogens (tertiary/aromatic N) is 4. The summed E-state index contributed by atoms with van der Waals surface area (Å²) in [7, 11) is 3.47. The first kappa shape index (κ1) is 16.0. The second kappa shape index (κ2) is 6.93. The standard InChI is InChI=1S/C13H22N4O3/c1-5-10(2)17(9-12(18)19)13(20)15(3)7-11-6-14-16(4)8-11/h6,8,10H,5,7,9H2,1-4H3,(H,18,19). The van der Waals surface area contributed by atoms with Crippen LogP contribution in [-0.4, -0.2) is 56.3 Å². The third kappa shape index (κ3) is 4.25. The summed E-state index contributed by atoms with van der Waals surface area (Å²) >= 11 is 0. The average molecular weight is 282 g/mol. The Morgan fingerprint density at radius 2 is 2.15 bits per heavy atom. The van der Waals surface area contributed by atoms with Crippen LogP contribution >= 0.6 is 0 Å². The first-order chi connectivity index (χ1) is 9.35. The van der Waals surface area contributed by atoms with Gasteiger partial charge in [-0.25, -0.2) is 4.79 Å². The summed E-state index contributed by atoms with van der Waals surface area (Å²) in [5.74, 6) is -1.01. The molecule has 0 aliphatic rings. The first-order valence-corrected chi connectivity index (χ1v) is 6.56. The number of rotatable bonds is 6. The summed E-state index contributed by atoms with van der Waals surface area (Å²) in [6, 6.07) is -0.402. The average Bonchev–Trinajstić information content (AvgIpc) is 2.79. The van der Waals surface area contributed by atoms with E-state index in [0.29, 0.717) is 13.0 Å². The molecule has 0 aliphatic carbocycles. The van der Waals surface area contributed by atoms with Crippen molar-refractivity contribution in [2.75, 3.05) is 13.6 Å². The number of aryl methyl sites for hydroxylation is 1. The van der Waals surface area contributed by atoms with Gasteiger partial charge in [0.05, 0.1) is 12.7 Å². The highest BCUT2D eigenvalue weighted by molar-refractivity contribution is 5.80. The molecule has 1 aromatic heterocycles. The lowest BCUT2D eigenvalue weighted by Gasteiger charge is -2.31. The van der Waals surface area contributed by atoms with Gasteiger partial charge in [0.2, 0.25) is 0 Å². The molecule has 0 saturated carbocycles. The fourth-order valence-electron chi connectivity index (χ4n) is 1.89. The lowest BCUT2D eigenvalue weighted by Crippen LogP contribution is -2.47. The van der Waals surface area contributed by atoms with Gasteiger partial charge in [-0.2, -0.15) is 5.10 Å². The quantitative estimate of drug-likeness (QED) is 0.849. The molecule has 20 heavy (non-hydrogen) atoms. The molecule has 1 unspecified atom stereocenters. The summed E-state index contributed by atoms with van der Waals surface area (Å²) in [4.78, 5) is 26.1. The summed E-state index contributed by atoms with van der Waals surface area (Å²) in [6.45, 7) is 3.89. The molecule has 1 aromatic rings. The lowest BCUT2D eigenvalue weighted by atomic mass is 10.2. The van der Waals surface area contributed by atoms with Crippen molar-refractivity contribution in [1.29, 1.82) is 0 Å². The summed E-state index contributed by atoms with van der Waals surface area (Å²) in [5.41, 5.74) is 0.905. The monoisotopic (exact) mass is 282 g/mol. The van der Waals surface area contributed by atoms with Crippen LogP contribution in [0.2, 0.25) is 0 Å². The van der Waals surface area contributed by atoms with Gasteiger partial charge in [0.25, 0.3) is 0 Å². The van der Waals surface area contributed by atoms with Gasteiger partial charge in [-0.1, -0.05) is 6.92 Å². The van der Waals surface area contributed by atoms with Crippen LogP contribution in [0.5, 0.6) is 0 Å². The molecule has 0 aliphatic heterocycles. The largest absolute Gasteiger partial charge is 0.480 e. The highest BCUT2D eigenvalue weighted by Gasteiger charge is 2.24. The molecular weight excluding hydrogens is 260 g/mol. The Bertz CT molecular complexity index is 472. The molecule has 7 nitrogen and oxygen atoms in total. The van der Waals surface area contributed by atoms with E-state index in [1.165, 1.54) is 9.80 Å². The molecule has 0 saturated heterocycles. The van der Waals surface area contributed by atoms with Crippen LogP contribution < -0.4 is 0 Å². The molecular formula is C13H22N4O3. The molecule has 0 bridgehead atoms. The molecule has 1 heterocycles. The van der Waals surface area contributed by atoms with Crippen molar-refractivity contribution in [3.05, 3.63) is 18.0 Å². The van der Waals surface area contributed by atoms with Crippen molar-refractivity contribution < 1.29 is 14.7 Å². The van der Waals surface area contributed by atoms with Gasteiger partial charge in [-0.15, -0.1) is 0 Å². The number of carbonyl (C=O) groups excluding carboxylic acids is 1. The van der Waals surface area contributed by atoms with Gasteiger partial charge in [0, 0.05) is 31.9 Å². The number of carboxylic acid groups (broad SMARTS) is 1. The fourth-order valence-corrected chi connectivity index (χ4v) is 1.89. The molecule has 1 atom stereocenters. The van der Waals surface area contributed by atoms with Crippen molar-refractivity contribution >= 4 is 12.0 Å². The minimum atomic E-state index is -1.01. The number of urea groups is 1. The predicted molar refractivity (Wildman–Crippen MR) is 74.2 cm³/mol. The van der Waals surface area contributed by atoms with Gasteiger partial charge in [0.1, 0.15) is 6.54 Å². The minimum Gasteiger partial charge on any atom is -0.480 e. The van der Waals surface area contributed by atoms with E-state index in [9.17, 15) is 9.59 Å². The fraction of sp³-hybridized carbons (Fsp3) is 0.615. The van der Waals surface area contributed by atoms with Crippen molar-refractivity contribution in [2.45, 2.75) is 32.9 Å². The van der Waals surface area contributed by atoms with Crippen LogP contribution in [0.3, 0.4) is 0 Å². The van der Waals surface area contributed by atoms with E-state index in [0.717, 1.165) is 5.56 Å². The Morgan fingerprint density at radius 3 is 2.60 bits per heavy atom. The molecule has 2 amide bonds. The summed E-state index contributed by atoms with van der Waals surface area (Å²) in [6.07, 6.45) is 4.23. The second-order valence-corrected chi connectivity index (χ2v) is 4.94. The van der Waals surface area contributed by atoms with Crippen LogP contribution in [0.1, 0.15) is 25.8 Å². The number of carbonyl (C=O) groups is 2. The van der Waals surface area contributed by atoms with Gasteiger partial charge in [-0.05, 0) is 13.3 Å². The molecule has 0 radical (unpaired) electrons. The molecule has 0 aromatic carbocycles. The lowest BCUT2D eigenvalue weighted by molar-refractivity contribution is -0.138. The van der Waals surface area contributed by atoms with Crippen LogP contribution in [0.4, 0.5) is 4.79 Å². The Hall–Kier alpha value is -2.05. The van der Waals surface area contributed by atoms with E-state index in [-0.39, 0.29) is 18.6 Å². The topological polar surface area (TPSA) is 78.7 Å². The number of amides is 2. The van der Waals surface area contributed by atoms with E-state index in [2.05, 4.69) is 5.10 Å². The van der Waals surface area contributed by atoms with E-state index in [1.54, 1.807) is 25.0 Å². The van der Waals surface area contributed by atoms with Crippen LogP contribution in [0.15, 0.2) is 12.4 Å². The van der Waals surface area contributed by atoms with Crippen LogP contribution in [0.25, 0.3) is 0 Å². The van der Waals surface area contributed by atoms with Crippen molar-refractivity contribution in [2.24, 2.45) is 7.05 Å². The molecule has 1 rings (SSSR count). The number of aromatic nitrogens is 2. The van der Waals surface area contributed by atoms with Gasteiger partial charge < -0.3 is 14.9 Å². The Labute approximate surface area is 118 Å². The van der Waals surface area contributed by atoms with Crippen molar-refractivity contribution in [1.82, 2.24) is 19.6 Å². The third-order valence-corrected chi connectivity index (χ3v) is 3.18. The van der Waals surface area contributed by atoms with E-state index in [4.69, 9.17) is 5.11 Å². The number of hydrogen-bond acceptors (Lipinski definition) is 3. The Morgan fingerprint density at radius 1 is 1.50 bits per heavy atom. The third-order valence-electron chi connectivity index (χ3n) is 3.18. The highest BCUT2D eigenvalue weighted by Crippen LogP contribution is 2.10. The SMILES string of the molecule is CCC(C)N(CC(=O)O)C(=O)N(C)Cc1cnn(C)c1. The maximum atomic E-state index is 12.4. The van der Waals surface area contributed by atoms with E-state index >= 15 is 0 Å². The van der Waals surface area contributed by atoms with E-state index in [1.807, 2.05) is 20.0 Å². The van der Waals surface area contributed by atoms with Gasteiger partial charge in [0.15, 0.2) is 0 Å². The molecule has 0 fully saturated rings. The Balaban J connectivity index is 2.74. The van der Waals surface area contributed by atoms with Crippen molar-refractivity contribution in [3.8, 4) is 0 Å². The first-order valence-electron chi connectivity index (χ1n) is 6.56. The Kier molecular flexibility index (Phi) is 5.54. The van der Waals surface area contributed by atoms with Crippen molar-refractivity contribution in [3.63, 3.8) is 0 Å². The molecule has 112 valence electrons. The molecule has 1 N–H and O–H groups in total. The summed E-state index contributed by atoms with van der Waals surface area (Å²) < 4.78 is 1.66. The van der Waals surface area contributed by atoms with Crippen LogP contribution in [0, 0.1) is 0 Å². The molecule has 7 heteroatoms. The van der Waals surface area contributed by atoms with Gasteiger partial charge in [-0.3, -0.25) is 9.48 Å². The zero-order valence-electron chi connectivity index (χ0n) is 12.4. The second-order valence-electron chi connectivity index (χ2n) is 4.94. The van der Waals surface area contributed by atoms with E-state index < -0.39 is 5.97 Å². The van der Waals surface area contributed by atoms with Gasteiger partial charge >= 0.3 is 12.0 Å². The number of aliphatic carboxylic acids is 1. The maximum Gasteiger partial charge on any atom is 0.323 e. The smallest absolute Gasteiger partial charge is 0.323 e. The zero-order valence-corrected chi connectivity index (χ0v) is 12.4. The number of hydrogen-bond donors (Lipinski definition) is 1. The highest BCUT2D eigenvalue weighted by atomic mass is 16.4. The zero-order chi connectivity index (χ0) is 15.3. The van der Waals surface area contributed by atoms with Crippen LogP contribution in [-0.2, 0) is 18.4 Å². The number of carboxylic acids is 1. The summed E-state index contributed by atoms with van der Waals surface area (Å²) in [5, 5.41) is 13.0. The normalized spacial score (nSPS) is 12.0. The minimum absolute atomic E-state index is 0.116. The molecule has 0 spiro atoms.